The van der Waals surface area contributed by atoms with Crippen molar-refractivity contribution >= 4 is 22.8 Å². The van der Waals surface area contributed by atoms with Crippen molar-refractivity contribution in [3.05, 3.63) is 70.8 Å². The first kappa shape index (κ1) is 25.6. The number of hydrogen-bond donors (Lipinski definition) is 2. The molecule has 0 aliphatic carbocycles. The van der Waals surface area contributed by atoms with Gasteiger partial charge in [0.05, 0.1) is 5.39 Å². The summed E-state index contributed by atoms with van der Waals surface area (Å²) in [5.74, 6) is -0.811. The van der Waals surface area contributed by atoms with Gasteiger partial charge >= 0.3 is 5.97 Å². The van der Waals surface area contributed by atoms with E-state index < -0.39 is 17.9 Å². The van der Waals surface area contributed by atoms with Gasteiger partial charge in [-0.3, -0.25) is 14.2 Å². The zero-order valence-corrected chi connectivity index (χ0v) is 20.8. The number of hydrogen-bond acceptors (Lipinski definition) is 7. The van der Waals surface area contributed by atoms with E-state index in [4.69, 9.17) is 9.15 Å². The summed E-state index contributed by atoms with van der Waals surface area (Å²) >= 11 is 0. The van der Waals surface area contributed by atoms with Gasteiger partial charge in [-0.15, -0.1) is 10.2 Å². The molecule has 2 N–H and O–H groups in total. The van der Waals surface area contributed by atoms with Gasteiger partial charge in [0.2, 0.25) is 5.43 Å². The Morgan fingerprint density at radius 3 is 2.62 bits per heavy atom. The number of nitrogens with zero attached hydrogens (tertiary/aromatic N) is 3. The van der Waals surface area contributed by atoms with Crippen LogP contribution in [-0.4, -0.2) is 44.4 Å². The lowest BCUT2D eigenvalue weighted by Crippen LogP contribution is -2.43. The van der Waals surface area contributed by atoms with Crippen LogP contribution < -0.4 is 15.5 Å². The predicted molar refractivity (Wildman–Crippen MR) is 137 cm³/mol. The van der Waals surface area contributed by atoms with E-state index in [1.165, 1.54) is 12.6 Å². The third-order valence-electron chi connectivity index (χ3n) is 5.86. The van der Waals surface area contributed by atoms with Gasteiger partial charge in [0.25, 0.3) is 5.91 Å². The number of amides is 1. The Morgan fingerprint density at radius 2 is 1.95 bits per heavy atom. The van der Waals surface area contributed by atoms with E-state index in [2.05, 4.69) is 15.5 Å². The molecule has 192 valence electrons. The average Bonchev–Trinajstić information content (AvgIpc) is 3.37. The van der Waals surface area contributed by atoms with E-state index in [0.717, 1.165) is 5.69 Å². The maximum Gasteiger partial charge on any atom is 0.326 e. The summed E-state index contributed by atoms with van der Waals surface area (Å²) in [6.45, 7) is 5.29. The van der Waals surface area contributed by atoms with Crippen LogP contribution in [0.25, 0.3) is 28.0 Å². The van der Waals surface area contributed by atoms with Crippen molar-refractivity contribution in [1.82, 2.24) is 20.1 Å². The van der Waals surface area contributed by atoms with E-state index in [-0.39, 0.29) is 29.1 Å². The number of para-hydroxylation sites is 1. The quantitative estimate of drug-likeness (QED) is 0.334. The number of ether oxygens (including phenoxy) is 1. The van der Waals surface area contributed by atoms with Crippen molar-refractivity contribution in [2.45, 2.75) is 39.7 Å². The summed E-state index contributed by atoms with van der Waals surface area (Å²) in [5.41, 5.74) is 1.77. The molecule has 0 aliphatic heterocycles. The minimum absolute atomic E-state index is 0.101. The summed E-state index contributed by atoms with van der Waals surface area (Å²) in [5, 5.41) is 20.3. The van der Waals surface area contributed by atoms with Crippen LogP contribution in [0, 0.1) is 5.92 Å². The summed E-state index contributed by atoms with van der Waals surface area (Å²) in [7, 11) is 0. The van der Waals surface area contributed by atoms with Crippen LogP contribution in [-0.2, 0) is 16.0 Å². The van der Waals surface area contributed by atoms with Crippen LogP contribution in [0.15, 0.2) is 64.3 Å². The van der Waals surface area contributed by atoms with Gasteiger partial charge in [0.15, 0.2) is 12.4 Å². The number of aryl methyl sites for hydroxylation is 1. The Morgan fingerprint density at radius 1 is 1.19 bits per heavy atom. The summed E-state index contributed by atoms with van der Waals surface area (Å²) in [4.78, 5) is 37.2. The number of carbonyl (C=O) groups excluding carboxylic acids is 1. The molecular formula is C27H28N4O6. The second-order valence-corrected chi connectivity index (χ2v) is 9.02. The Hall–Kier alpha value is -4.47. The van der Waals surface area contributed by atoms with Gasteiger partial charge in [-0.1, -0.05) is 39.0 Å². The van der Waals surface area contributed by atoms with Gasteiger partial charge in [-0.25, -0.2) is 4.79 Å². The average molecular weight is 505 g/mol. The number of carboxylic acids is 1. The second kappa shape index (κ2) is 11.1. The smallest absolute Gasteiger partial charge is 0.326 e. The predicted octanol–water partition coefficient (Wildman–Crippen LogP) is 3.60. The highest BCUT2D eigenvalue weighted by Crippen LogP contribution is 2.27. The molecule has 2 aromatic heterocycles. The van der Waals surface area contributed by atoms with Crippen molar-refractivity contribution in [2.24, 2.45) is 5.92 Å². The summed E-state index contributed by atoms with van der Waals surface area (Å²) < 4.78 is 13.2. The number of carbonyl (C=O) groups is 2. The second-order valence-electron chi connectivity index (χ2n) is 9.02. The van der Waals surface area contributed by atoms with E-state index in [0.29, 0.717) is 35.4 Å². The molecule has 0 fully saturated rings. The van der Waals surface area contributed by atoms with E-state index in [1.807, 2.05) is 51.1 Å². The van der Waals surface area contributed by atoms with Crippen molar-refractivity contribution in [2.75, 3.05) is 6.61 Å². The number of fused-ring (bicyclic) bond motifs is 1. The topological polar surface area (TPSA) is 137 Å². The monoisotopic (exact) mass is 504 g/mol. The van der Waals surface area contributed by atoms with Crippen LogP contribution in [0.1, 0.15) is 32.8 Å². The molecule has 0 spiro atoms. The highest BCUT2D eigenvalue weighted by molar-refractivity contribution is 5.85. The minimum atomic E-state index is -1.09. The van der Waals surface area contributed by atoms with Crippen LogP contribution in [0.2, 0.25) is 0 Å². The van der Waals surface area contributed by atoms with E-state index >= 15 is 0 Å². The fraction of sp³-hybridized carbons (Fsp3) is 0.296. The SMILES string of the molecule is CCc1cc2c(=O)c(-c3nncn3-c3ccccc3)coc2cc1OCC(=O)NC(CC(C)C)C(=O)O. The Balaban J connectivity index is 1.60. The largest absolute Gasteiger partial charge is 0.483 e. The maximum absolute atomic E-state index is 13.4. The third kappa shape index (κ3) is 5.69. The normalized spacial score (nSPS) is 12.0. The zero-order valence-electron chi connectivity index (χ0n) is 20.8. The molecule has 1 unspecified atom stereocenters. The van der Waals surface area contributed by atoms with Crippen LogP contribution >= 0.6 is 0 Å². The molecule has 10 heteroatoms. The van der Waals surface area contributed by atoms with Gasteiger partial charge in [-0.05, 0) is 42.5 Å². The highest BCUT2D eigenvalue weighted by atomic mass is 16.5. The van der Waals surface area contributed by atoms with E-state index in [1.54, 1.807) is 16.7 Å². The number of rotatable bonds is 10. The Bertz CT molecular complexity index is 1480. The fourth-order valence-corrected chi connectivity index (χ4v) is 4.04. The number of aromatic nitrogens is 3. The van der Waals surface area contributed by atoms with Crippen LogP contribution in [0.3, 0.4) is 0 Å². The molecule has 37 heavy (non-hydrogen) atoms. The molecule has 2 aromatic carbocycles. The molecular weight excluding hydrogens is 476 g/mol. The first-order valence-electron chi connectivity index (χ1n) is 12.0. The standard InChI is InChI=1S/C27H28N4O6/c1-4-17-11-19-23(12-22(17)37-14-24(32)29-21(27(34)35)10-16(2)3)36-13-20(25(19)33)26-30-28-15-31(26)18-8-6-5-7-9-18/h5-9,11-13,15-16,21H,4,10,14H2,1-3H3,(H,29,32)(H,34,35). The van der Waals surface area contributed by atoms with Gasteiger partial charge in [0, 0.05) is 11.8 Å². The van der Waals surface area contributed by atoms with Gasteiger partial charge in [-0.2, -0.15) is 0 Å². The number of benzene rings is 2. The van der Waals surface area contributed by atoms with Crippen molar-refractivity contribution in [3.63, 3.8) is 0 Å². The lowest BCUT2D eigenvalue weighted by molar-refractivity contribution is -0.142. The van der Waals surface area contributed by atoms with Crippen LogP contribution in [0.4, 0.5) is 0 Å². The molecule has 2 heterocycles. The number of carboxylic acid groups (broad SMARTS) is 1. The Labute approximate surface area is 212 Å². The first-order chi connectivity index (χ1) is 17.8. The third-order valence-corrected chi connectivity index (χ3v) is 5.86. The molecule has 0 saturated carbocycles. The first-order valence-corrected chi connectivity index (χ1v) is 12.0. The molecule has 1 atom stereocenters. The molecule has 1 amide bonds. The van der Waals surface area contributed by atoms with Crippen molar-refractivity contribution in [3.8, 4) is 22.8 Å². The molecule has 0 aliphatic rings. The Kier molecular flexibility index (Phi) is 7.66. The molecule has 0 bridgehead atoms. The molecule has 4 aromatic rings. The molecule has 0 saturated heterocycles. The maximum atomic E-state index is 13.4. The minimum Gasteiger partial charge on any atom is -0.483 e. The fourth-order valence-electron chi connectivity index (χ4n) is 4.04. The summed E-state index contributed by atoms with van der Waals surface area (Å²) in [6.07, 6.45) is 3.70. The van der Waals surface area contributed by atoms with Gasteiger partial charge in [0.1, 0.15) is 35.5 Å². The van der Waals surface area contributed by atoms with Crippen LogP contribution in [0.5, 0.6) is 5.75 Å². The number of nitrogens with one attached hydrogen (secondary N) is 1. The van der Waals surface area contributed by atoms with E-state index in [9.17, 15) is 19.5 Å². The molecule has 4 rings (SSSR count). The van der Waals surface area contributed by atoms with Crippen molar-refractivity contribution in [1.29, 1.82) is 0 Å². The lowest BCUT2D eigenvalue weighted by atomic mass is 10.0. The van der Waals surface area contributed by atoms with Crippen molar-refractivity contribution < 1.29 is 23.8 Å². The highest BCUT2D eigenvalue weighted by Gasteiger charge is 2.22. The van der Waals surface area contributed by atoms with Gasteiger partial charge < -0.3 is 19.6 Å². The number of aliphatic carboxylic acids is 1. The molecule has 10 nitrogen and oxygen atoms in total. The zero-order chi connectivity index (χ0) is 26.5. The summed E-state index contributed by atoms with van der Waals surface area (Å²) in [6, 6.07) is 11.7. The lowest BCUT2D eigenvalue weighted by Gasteiger charge is -2.17. The molecule has 0 radical (unpaired) electrons.